The van der Waals surface area contributed by atoms with E-state index in [1.54, 1.807) is 0 Å². The largest absolute Gasteiger partial charge is 0.379 e. The van der Waals surface area contributed by atoms with Crippen LogP contribution in [0.5, 0.6) is 0 Å². The minimum absolute atomic E-state index is 0.757. The molecule has 0 aliphatic carbocycles. The predicted molar refractivity (Wildman–Crippen MR) is 73.7 cm³/mol. The summed E-state index contributed by atoms with van der Waals surface area (Å²) in [6.45, 7) is 9.31. The maximum absolute atomic E-state index is 5.52. The van der Waals surface area contributed by atoms with Crippen LogP contribution in [0.4, 0.5) is 0 Å². The molecule has 0 aromatic carbocycles. The Labute approximate surface area is 110 Å². The van der Waals surface area contributed by atoms with E-state index in [1.807, 2.05) is 11.6 Å². The third-order valence-corrected chi connectivity index (χ3v) is 2.70. The molecule has 1 N–H and O–H groups in total. The Morgan fingerprint density at radius 3 is 2.83 bits per heavy atom. The molecular formula is C13H26N4O. The SMILES string of the molecule is CCn1nc(C)cc1CNCCOCCN(C)C. The Balaban J connectivity index is 2.10. The van der Waals surface area contributed by atoms with Crippen LogP contribution < -0.4 is 5.32 Å². The van der Waals surface area contributed by atoms with Gasteiger partial charge in [-0.1, -0.05) is 0 Å². The van der Waals surface area contributed by atoms with Gasteiger partial charge in [-0.3, -0.25) is 4.68 Å². The van der Waals surface area contributed by atoms with Crippen LogP contribution in [-0.2, 0) is 17.8 Å². The molecule has 1 heterocycles. The van der Waals surface area contributed by atoms with E-state index in [9.17, 15) is 0 Å². The summed E-state index contributed by atoms with van der Waals surface area (Å²) in [6, 6.07) is 2.13. The van der Waals surface area contributed by atoms with Gasteiger partial charge >= 0.3 is 0 Å². The van der Waals surface area contributed by atoms with Crippen LogP contribution in [0.25, 0.3) is 0 Å². The maximum atomic E-state index is 5.52. The summed E-state index contributed by atoms with van der Waals surface area (Å²) in [4.78, 5) is 2.12. The predicted octanol–water partition coefficient (Wildman–Crippen LogP) is 0.879. The lowest BCUT2D eigenvalue weighted by molar-refractivity contribution is 0.119. The van der Waals surface area contributed by atoms with Crippen molar-refractivity contribution < 1.29 is 4.74 Å². The fraction of sp³-hybridized carbons (Fsp3) is 0.769. The van der Waals surface area contributed by atoms with E-state index in [4.69, 9.17) is 4.74 Å². The van der Waals surface area contributed by atoms with Gasteiger partial charge in [0.15, 0.2) is 0 Å². The number of aryl methyl sites for hydroxylation is 2. The number of aromatic nitrogens is 2. The summed E-state index contributed by atoms with van der Waals surface area (Å²) in [5.74, 6) is 0. The lowest BCUT2D eigenvalue weighted by Gasteiger charge is -2.10. The second kappa shape index (κ2) is 8.24. The van der Waals surface area contributed by atoms with Crippen molar-refractivity contribution in [3.8, 4) is 0 Å². The first-order chi connectivity index (χ1) is 8.63. The number of ether oxygens (including phenoxy) is 1. The van der Waals surface area contributed by atoms with Crippen molar-refractivity contribution in [1.29, 1.82) is 0 Å². The summed E-state index contributed by atoms with van der Waals surface area (Å²) in [5, 5.41) is 7.80. The molecule has 0 spiro atoms. The van der Waals surface area contributed by atoms with Gasteiger partial charge in [-0.15, -0.1) is 0 Å². The van der Waals surface area contributed by atoms with Gasteiger partial charge in [-0.2, -0.15) is 5.10 Å². The molecule has 0 atom stereocenters. The van der Waals surface area contributed by atoms with E-state index in [1.165, 1.54) is 5.69 Å². The molecule has 5 heteroatoms. The number of hydrogen-bond donors (Lipinski definition) is 1. The molecule has 0 radical (unpaired) electrons. The van der Waals surface area contributed by atoms with Gasteiger partial charge in [0, 0.05) is 26.2 Å². The van der Waals surface area contributed by atoms with Crippen molar-refractivity contribution in [2.75, 3.05) is 40.4 Å². The van der Waals surface area contributed by atoms with E-state index in [-0.39, 0.29) is 0 Å². The van der Waals surface area contributed by atoms with Crippen molar-refractivity contribution in [2.24, 2.45) is 0 Å². The van der Waals surface area contributed by atoms with Gasteiger partial charge in [0.05, 0.1) is 24.6 Å². The molecule has 0 unspecified atom stereocenters. The number of rotatable bonds is 9. The zero-order valence-corrected chi connectivity index (χ0v) is 12.1. The standard InChI is InChI=1S/C13H26N4O/c1-5-17-13(10-12(2)15-17)11-14-6-8-18-9-7-16(3)4/h10,14H,5-9,11H2,1-4H3. The van der Waals surface area contributed by atoms with Crippen molar-refractivity contribution in [3.63, 3.8) is 0 Å². The number of hydrogen-bond acceptors (Lipinski definition) is 4. The van der Waals surface area contributed by atoms with E-state index in [0.717, 1.165) is 45.1 Å². The number of likely N-dealkylation sites (N-methyl/N-ethyl adjacent to an activating group) is 1. The first kappa shape index (κ1) is 15.1. The fourth-order valence-electron chi connectivity index (χ4n) is 1.73. The van der Waals surface area contributed by atoms with Crippen molar-refractivity contribution in [3.05, 3.63) is 17.5 Å². The molecular weight excluding hydrogens is 228 g/mol. The Kier molecular flexibility index (Phi) is 6.93. The molecule has 5 nitrogen and oxygen atoms in total. The molecule has 1 aromatic heterocycles. The van der Waals surface area contributed by atoms with Crippen LogP contribution >= 0.6 is 0 Å². The lowest BCUT2D eigenvalue weighted by Crippen LogP contribution is -2.23. The molecule has 0 fully saturated rings. The first-order valence-corrected chi connectivity index (χ1v) is 6.60. The normalized spacial score (nSPS) is 11.4. The number of nitrogens with one attached hydrogen (secondary N) is 1. The van der Waals surface area contributed by atoms with Crippen LogP contribution in [-0.4, -0.2) is 55.1 Å². The Morgan fingerprint density at radius 2 is 2.17 bits per heavy atom. The van der Waals surface area contributed by atoms with Crippen LogP contribution in [0.2, 0.25) is 0 Å². The second-order valence-electron chi connectivity index (χ2n) is 4.69. The third-order valence-electron chi connectivity index (χ3n) is 2.70. The minimum atomic E-state index is 0.757. The van der Waals surface area contributed by atoms with Gasteiger partial charge in [-0.25, -0.2) is 0 Å². The lowest BCUT2D eigenvalue weighted by atomic mass is 10.3. The molecule has 0 aliphatic rings. The van der Waals surface area contributed by atoms with Gasteiger partial charge in [0.25, 0.3) is 0 Å². The zero-order chi connectivity index (χ0) is 13.4. The molecule has 0 bridgehead atoms. The molecule has 1 rings (SSSR count). The Hall–Kier alpha value is -0.910. The molecule has 0 aliphatic heterocycles. The zero-order valence-electron chi connectivity index (χ0n) is 12.1. The van der Waals surface area contributed by atoms with Crippen LogP contribution in [0.1, 0.15) is 18.3 Å². The quantitative estimate of drug-likeness (QED) is 0.664. The highest BCUT2D eigenvalue weighted by atomic mass is 16.5. The highest BCUT2D eigenvalue weighted by Crippen LogP contribution is 2.02. The molecule has 1 aromatic rings. The minimum Gasteiger partial charge on any atom is -0.379 e. The average Bonchev–Trinajstić information content (AvgIpc) is 2.68. The first-order valence-electron chi connectivity index (χ1n) is 6.60. The molecule has 104 valence electrons. The van der Waals surface area contributed by atoms with Crippen molar-refractivity contribution in [2.45, 2.75) is 26.9 Å². The highest BCUT2D eigenvalue weighted by molar-refractivity contribution is 5.08. The van der Waals surface area contributed by atoms with Crippen molar-refractivity contribution in [1.82, 2.24) is 20.0 Å². The molecule has 18 heavy (non-hydrogen) atoms. The summed E-state index contributed by atoms with van der Waals surface area (Å²) in [6.07, 6.45) is 0. The summed E-state index contributed by atoms with van der Waals surface area (Å²) in [7, 11) is 4.10. The van der Waals surface area contributed by atoms with E-state index in [0.29, 0.717) is 0 Å². The average molecular weight is 254 g/mol. The monoisotopic (exact) mass is 254 g/mol. The smallest absolute Gasteiger partial charge is 0.0597 e. The Morgan fingerprint density at radius 1 is 1.39 bits per heavy atom. The van der Waals surface area contributed by atoms with Gasteiger partial charge in [-0.05, 0) is 34.0 Å². The maximum Gasteiger partial charge on any atom is 0.0597 e. The molecule has 0 saturated carbocycles. The van der Waals surface area contributed by atoms with Crippen LogP contribution in [0, 0.1) is 6.92 Å². The summed E-state index contributed by atoms with van der Waals surface area (Å²) < 4.78 is 7.55. The Bertz CT molecular complexity index is 336. The topological polar surface area (TPSA) is 42.3 Å². The third kappa shape index (κ3) is 5.62. The van der Waals surface area contributed by atoms with Gasteiger partial charge in [0.2, 0.25) is 0 Å². The number of nitrogens with zero attached hydrogens (tertiary/aromatic N) is 3. The summed E-state index contributed by atoms with van der Waals surface area (Å²) in [5.41, 5.74) is 2.32. The fourth-order valence-corrected chi connectivity index (χ4v) is 1.73. The van der Waals surface area contributed by atoms with Crippen molar-refractivity contribution >= 4 is 0 Å². The van der Waals surface area contributed by atoms with Crippen LogP contribution in [0.3, 0.4) is 0 Å². The highest BCUT2D eigenvalue weighted by Gasteiger charge is 2.02. The van der Waals surface area contributed by atoms with E-state index in [2.05, 4.69) is 42.4 Å². The van der Waals surface area contributed by atoms with E-state index >= 15 is 0 Å². The van der Waals surface area contributed by atoms with E-state index < -0.39 is 0 Å². The molecule has 0 amide bonds. The van der Waals surface area contributed by atoms with Crippen LogP contribution in [0.15, 0.2) is 6.07 Å². The molecule has 0 saturated heterocycles. The summed E-state index contributed by atoms with van der Waals surface area (Å²) >= 11 is 0. The van der Waals surface area contributed by atoms with Gasteiger partial charge < -0.3 is 15.0 Å². The van der Waals surface area contributed by atoms with Gasteiger partial charge in [0.1, 0.15) is 0 Å². The second-order valence-corrected chi connectivity index (χ2v) is 4.69.